The van der Waals surface area contributed by atoms with Gasteiger partial charge in [0, 0.05) is 43.4 Å². The number of rotatable bonds is 7. The van der Waals surface area contributed by atoms with Crippen molar-refractivity contribution >= 4 is 23.5 Å². The van der Waals surface area contributed by atoms with Crippen LogP contribution in [0.5, 0.6) is 0 Å². The molecule has 1 saturated heterocycles. The summed E-state index contributed by atoms with van der Waals surface area (Å²) in [4.78, 5) is 23.4. The summed E-state index contributed by atoms with van der Waals surface area (Å²) >= 11 is 5.90. The molecule has 0 saturated carbocycles. The summed E-state index contributed by atoms with van der Waals surface area (Å²) in [6, 6.07) is 9.23. The largest absolute Gasteiger partial charge is 0.379 e. The maximum absolute atomic E-state index is 12.4. The summed E-state index contributed by atoms with van der Waals surface area (Å²) < 4.78 is 5.32. The van der Waals surface area contributed by atoms with E-state index in [0.29, 0.717) is 29.8 Å². The normalized spacial score (nSPS) is 14.7. The fourth-order valence-corrected chi connectivity index (χ4v) is 2.92. The van der Waals surface area contributed by atoms with Crippen molar-refractivity contribution in [3.63, 3.8) is 0 Å². The molecule has 0 radical (unpaired) electrons. The van der Waals surface area contributed by atoms with Crippen LogP contribution >= 0.6 is 11.6 Å². The first-order valence-electron chi connectivity index (χ1n) is 9.02. The van der Waals surface area contributed by atoms with E-state index in [-0.39, 0.29) is 5.91 Å². The average Bonchev–Trinajstić information content (AvgIpc) is 2.68. The molecule has 1 fully saturated rings. The minimum absolute atomic E-state index is 0.191. The summed E-state index contributed by atoms with van der Waals surface area (Å²) in [5.74, 6) is 0.242. The Balaban J connectivity index is 1.53. The van der Waals surface area contributed by atoms with E-state index in [0.717, 1.165) is 44.1 Å². The van der Waals surface area contributed by atoms with Crippen LogP contribution in [0.25, 0.3) is 0 Å². The highest BCUT2D eigenvalue weighted by molar-refractivity contribution is 6.30. The van der Waals surface area contributed by atoms with Gasteiger partial charge in [-0.25, -0.2) is 9.97 Å². The minimum atomic E-state index is -0.191. The van der Waals surface area contributed by atoms with Crippen LogP contribution in [-0.4, -0.2) is 60.2 Å². The van der Waals surface area contributed by atoms with Crippen LogP contribution in [-0.2, 0) is 11.3 Å². The lowest BCUT2D eigenvalue weighted by molar-refractivity contribution is 0.0383. The molecule has 0 unspecified atom stereocenters. The van der Waals surface area contributed by atoms with Gasteiger partial charge in [0.1, 0.15) is 5.69 Å². The molecule has 0 atom stereocenters. The Hall–Kier alpha value is -2.22. The van der Waals surface area contributed by atoms with Crippen molar-refractivity contribution in [1.82, 2.24) is 20.2 Å². The number of hydrogen-bond acceptors (Lipinski definition) is 6. The van der Waals surface area contributed by atoms with E-state index in [9.17, 15) is 4.79 Å². The summed E-state index contributed by atoms with van der Waals surface area (Å²) in [5.41, 5.74) is 2.16. The number of nitrogens with one attached hydrogen (secondary N) is 2. The number of hydrogen-bond donors (Lipinski definition) is 2. The van der Waals surface area contributed by atoms with E-state index in [1.165, 1.54) is 0 Å². The van der Waals surface area contributed by atoms with Crippen LogP contribution in [0.3, 0.4) is 0 Å². The lowest BCUT2D eigenvalue weighted by Gasteiger charge is -2.26. The van der Waals surface area contributed by atoms with Gasteiger partial charge in [-0.2, -0.15) is 0 Å². The fourth-order valence-electron chi connectivity index (χ4n) is 2.79. The van der Waals surface area contributed by atoms with E-state index in [2.05, 4.69) is 25.5 Å². The first-order chi connectivity index (χ1) is 13.1. The van der Waals surface area contributed by atoms with Crippen LogP contribution in [0.2, 0.25) is 5.02 Å². The van der Waals surface area contributed by atoms with Crippen molar-refractivity contribution < 1.29 is 9.53 Å². The van der Waals surface area contributed by atoms with Crippen molar-refractivity contribution in [2.45, 2.75) is 13.5 Å². The number of carbonyl (C=O) groups is 1. The Morgan fingerprint density at radius 3 is 2.70 bits per heavy atom. The second kappa shape index (κ2) is 9.64. The van der Waals surface area contributed by atoms with E-state index in [1.807, 2.05) is 31.2 Å². The van der Waals surface area contributed by atoms with Crippen molar-refractivity contribution in [2.24, 2.45) is 0 Å². The molecule has 144 valence electrons. The van der Waals surface area contributed by atoms with E-state index in [4.69, 9.17) is 16.3 Å². The number of benzene rings is 1. The van der Waals surface area contributed by atoms with Crippen molar-refractivity contribution in [3.05, 3.63) is 52.3 Å². The molecule has 1 aromatic carbocycles. The van der Waals surface area contributed by atoms with Gasteiger partial charge >= 0.3 is 0 Å². The predicted molar refractivity (Wildman–Crippen MR) is 105 cm³/mol. The van der Waals surface area contributed by atoms with Gasteiger partial charge in [0.2, 0.25) is 5.95 Å². The maximum Gasteiger partial charge on any atom is 0.270 e. The van der Waals surface area contributed by atoms with Gasteiger partial charge in [-0.05, 0) is 30.7 Å². The number of ether oxygens (including phenoxy) is 1. The number of amides is 1. The van der Waals surface area contributed by atoms with Gasteiger partial charge in [-0.15, -0.1) is 0 Å². The lowest BCUT2D eigenvalue weighted by atomic mass is 10.2. The number of aryl methyl sites for hydroxylation is 1. The number of nitrogens with zero attached hydrogens (tertiary/aromatic N) is 3. The molecule has 2 N–H and O–H groups in total. The van der Waals surface area contributed by atoms with E-state index < -0.39 is 0 Å². The molecule has 1 amide bonds. The van der Waals surface area contributed by atoms with Gasteiger partial charge in [-0.3, -0.25) is 9.69 Å². The SMILES string of the molecule is Cc1cc(C(=O)NCCN2CCOCC2)nc(NCc2ccc(Cl)cc2)n1. The van der Waals surface area contributed by atoms with Gasteiger partial charge in [0.15, 0.2) is 0 Å². The molecule has 1 aliphatic rings. The van der Waals surface area contributed by atoms with E-state index >= 15 is 0 Å². The van der Waals surface area contributed by atoms with Crippen LogP contribution in [0.15, 0.2) is 30.3 Å². The average molecular weight is 390 g/mol. The molecule has 7 nitrogen and oxygen atoms in total. The van der Waals surface area contributed by atoms with Gasteiger partial charge < -0.3 is 15.4 Å². The molecule has 2 heterocycles. The molecule has 0 spiro atoms. The molecule has 3 rings (SSSR count). The Morgan fingerprint density at radius 1 is 1.22 bits per heavy atom. The number of anilines is 1. The van der Waals surface area contributed by atoms with Crippen LogP contribution in [0, 0.1) is 6.92 Å². The van der Waals surface area contributed by atoms with Crippen LogP contribution in [0.1, 0.15) is 21.7 Å². The summed E-state index contributed by atoms with van der Waals surface area (Å²) in [7, 11) is 0. The number of morpholine rings is 1. The number of carbonyl (C=O) groups excluding carboxylic acids is 1. The molecule has 0 aliphatic carbocycles. The standard InChI is InChI=1S/C19H24ClN5O2/c1-14-12-17(18(26)21-6-7-25-8-10-27-11-9-25)24-19(23-14)22-13-15-2-4-16(20)5-3-15/h2-5,12H,6-11,13H2,1H3,(H,21,26)(H,22,23,24). The zero-order valence-electron chi connectivity index (χ0n) is 15.4. The fraction of sp³-hybridized carbons (Fsp3) is 0.421. The molecule has 1 aromatic heterocycles. The number of halogens is 1. The third-order valence-corrected chi connectivity index (χ3v) is 4.52. The molecule has 27 heavy (non-hydrogen) atoms. The first kappa shape index (κ1) is 19.5. The van der Waals surface area contributed by atoms with Crippen LogP contribution in [0.4, 0.5) is 5.95 Å². The van der Waals surface area contributed by atoms with Crippen molar-refractivity contribution in [2.75, 3.05) is 44.7 Å². The highest BCUT2D eigenvalue weighted by atomic mass is 35.5. The summed E-state index contributed by atoms with van der Waals surface area (Å²) in [6.07, 6.45) is 0. The molecule has 0 bridgehead atoms. The zero-order valence-corrected chi connectivity index (χ0v) is 16.1. The second-order valence-corrected chi connectivity index (χ2v) is 6.84. The van der Waals surface area contributed by atoms with Crippen LogP contribution < -0.4 is 10.6 Å². The summed E-state index contributed by atoms with van der Waals surface area (Å²) in [5, 5.41) is 6.78. The Kier molecular flexibility index (Phi) is 6.98. The molecule has 2 aromatic rings. The topological polar surface area (TPSA) is 79.4 Å². The maximum atomic E-state index is 12.4. The third-order valence-electron chi connectivity index (χ3n) is 4.27. The molecular formula is C19H24ClN5O2. The number of aromatic nitrogens is 2. The smallest absolute Gasteiger partial charge is 0.270 e. The zero-order chi connectivity index (χ0) is 19.1. The first-order valence-corrected chi connectivity index (χ1v) is 9.40. The Morgan fingerprint density at radius 2 is 1.96 bits per heavy atom. The van der Waals surface area contributed by atoms with Gasteiger partial charge in [-0.1, -0.05) is 23.7 Å². The predicted octanol–water partition coefficient (Wildman–Crippen LogP) is 2.11. The van der Waals surface area contributed by atoms with E-state index in [1.54, 1.807) is 6.07 Å². The summed E-state index contributed by atoms with van der Waals surface area (Å²) in [6.45, 7) is 7.10. The van der Waals surface area contributed by atoms with Crippen molar-refractivity contribution in [3.8, 4) is 0 Å². The second-order valence-electron chi connectivity index (χ2n) is 6.41. The molecule has 8 heteroatoms. The monoisotopic (exact) mass is 389 g/mol. The third kappa shape index (κ3) is 6.16. The quantitative estimate of drug-likeness (QED) is 0.755. The van der Waals surface area contributed by atoms with Crippen molar-refractivity contribution in [1.29, 1.82) is 0 Å². The highest BCUT2D eigenvalue weighted by Crippen LogP contribution is 2.11. The minimum Gasteiger partial charge on any atom is -0.379 e. The molecular weight excluding hydrogens is 366 g/mol. The molecule has 1 aliphatic heterocycles. The Labute approximate surface area is 164 Å². The van der Waals surface area contributed by atoms with Gasteiger partial charge in [0.25, 0.3) is 5.91 Å². The van der Waals surface area contributed by atoms with Gasteiger partial charge in [0.05, 0.1) is 13.2 Å². The lowest BCUT2D eigenvalue weighted by Crippen LogP contribution is -2.41. The Bertz CT molecular complexity index is 763. The highest BCUT2D eigenvalue weighted by Gasteiger charge is 2.13.